The van der Waals surface area contributed by atoms with Gasteiger partial charge in [-0.25, -0.2) is 29.0 Å². The molecule has 10 heteroatoms. The van der Waals surface area contributed by atoms with E-state index in [1.165, 1.54) is 83.3 Å². The summed E-state index contributed by atoms with van der Waals surface area (Å²) < 4.78 is 2.54. The average molecular weight is 1140 g/mol. The maximum absolute atomic E-state index is 5.33. The van der Waals surface area contributed by atoms with Crippen molar-refractivity contribution in [3.8, 4) is 54.5 Å². The minimum absolute atomic E-state index is 1.09. The summed E-state index contributed by atoms with van der Waals surface area (Å²) in [5.41, 5.74) is 12.8. The van der Waals surface area contributed by atoms with Crippen LogP contribution in [0, 0.1) is 0 Å². The number of thiazole rings is 2. The molecule has 0 spiro atoms. The first-order chi connectivity index (χ1) is 25.3. The summed E-state index contributed by atoms with van der Waals surface area (Å²) in [6, 6.07) is 42.0. The van der Waals surface area contributed by atoms with Gasteiger partial charge in [-0.05, 0) is 212 Å². The summed E-state index contributed by atoms with van der Waals surface area (Å²) >= 11 is 12.1. The van der Waals surface area contributed by atoms with Crippen LogP contribution < -0.4 is 0 Å². The fourth-order valence-corrected chi connectivity index (χ4v) is 28.2. The van der Waals surface area contributed by atoms with Crippen molar-refractivity contribution in [1.29, 1.82) is 0 Å². The number of thiol groups is 3. The third kappa shape index (κ3) is 4.65. The number of benzene rings is 6. The third-order valence-electron chi connectivity index (χ3n) is 12.3. The van der Waals surface area contributed by atoms with Crippen LogP contribution >= 0.6 is 105 Å². The molecule has 0 bridgehead atoms. The molecule has 0 amide bonds. The number of fused-ring (bicyclic) bond motifs is 11. The highest BCUT2D eigenvalue weighted by Gasteiger charge is 2.45. The fourth-order valence-electron chi connectivity index (χ4n) is 9.48. The first kappa shape index (κ1) is 35.5. The Kier molecular flexibility index (Phi) is 7.02. The Balaban J connectivity index is 1.02. The van der Waals surface area contributed by atoms with Gasteiger partial charge < -0.3 is 0 Å². The van der Waals surface area contributed by atoms with Crippen LogP contribution in [0.4, 0.5) is 0 Å². The number of hydrogen-bond donors (Lipinski definition) is 3. The third-order valence-corrected chi connectivity index (χ3v) is 34.4. The van der Waals surface area contributed by atoms with Gasteiger partial charge in [0.2, 0.25) is 0 Å². The van der Waals surface area contributed by atoms with Gasteiger partial charge in [-0.1, -0.05) is 60.7 Å². The number of hydrogen-bond acceptors (Lipinski definition) is 4. The molecule has 2 aromatic heterocycles. The Bertz CT molecular complexity index is 2860. The van der Waals surface area contributed by atoms with E-state index in [1.54, 1.807) is 0 Å². The Morgan fingerprint density at radius 2 is 0.741 bits per heavy atom. The lowest BCUT2D eigenvalue weighted by Crippen LogP contribution is -2.03. The van der Waals surface area contributed by atoms with Crippen molar-refractivity contribution in [2.24, 2.45) is 0 Å². The zero-order valence-electron chi connectivity index (χ0n) is 30.6. The van der Waals surface area contributed by atoms with Crippen molar-refractivity contribution in [2.75, 3.05) is 37.5 Å². The van der Waals surface area contributed by atoms with Gasteiger partial charge in [0.15, 0.2) is 0 Å². The van der Waals surface area contributed by atoms with Crippen molar-refractivity contribution in [1.82, 2.24) is 9.97 Å². The minimum Gasteiger partial charge on any atom is -0.236 e. The van der Waals surface area contributed by atoms with Crippen molar-refractivity contribution in [3.05, 3.63) is 109 Å². The molecule has 0 aliphatic carbocycles. The van der Waals surface area contributed by atoms with E-state index in [1.807, 2.05) is 22.7 Å². The zero-order valence-corrected chi connectivity index (χ0v) is 41.4. The fraction of sp³-hybridized carbons (Fsp3) is 0.136. The standard InChI is InChI=1S/C44H39I3N2S5/c1-52(2,45)37-13-9-7-11-27(37)29-19-25(15-17-39(29)52)43-48-33-21-31-32-22-34-36(24-42(32)54(5,6,47)41(31)23-35(33)50-43)51-44(49-34)26-16-18-40-30(20-26)28-12-8-10-14-38(28)53(40,3,4)46/h7-24,52-54H,1-6H3. The van der Waals surface area contributed by atoms with Crippen molar-refractivity contribution in [3.63, 3.8) is 0 Å². The summed E-state index contributed by atoms with van der Waals surface area (Å²) in [7, 11) is 0. The molecule has 6 aromatic carbocycles. The van der Waals surface area contributed by atoms with Crippen LogP contribution in [-0.4, -0.2) is 47.5 Å². The molecule has 54 heavy (non-hydrogen) atoms. The maximum atomic E-state index is 5.33. The Labute approximate surface area is 361 Å². The van der Waals surface area contributed by atoms with Gasteiger partial charge in [-0.2, -0.15) is 0 Å². The van der Waals surface area contributed by atoms with Crippen molar-refractivity contribution >= 4 is 126 Å². The van der Waals surface area contributed by atoms with E-state index < -0.39 is 19.0 Å². The Morgan fingerprint density at radius 1 is 0.389 bits per heavy atom. The average Bonchev–Trinajstić information content (AvgIpc) is 3.87. The Morgan fingerprint density at radius 3 is 1.17 bits per heavy atom. The lowest BCUT2D eigenvalue weighted by molar-refractivity contribution is 1.41. The second-order valence-electron chi connectivity index (χ2n) is 17.1. The molecule has 0 saturated heterocycles. The largest absolute Gasteiger partial charge is 0.236 e. The quantitative estimate of drug-likeness (QED) is 0.119. The number of halogens is 3. The monoisotopic (exact) mass is 1140 g/mol. The van der Waals surface area contributed by atoms with Crippen LogP contribution in [0.5, 0.6) is 0 Å². The highest BCUT2D eigenvalue weighted by atomic mass is 127. The number of aromatic nitrogens is 2. The normalized spacial score (nSPS) is 21.5. The molecule has 0 saturated carbocycles. The summed E-state index contributed by atoms with van der Waals surface area (Å²) in [4.78, 5) is 19.6. The van der Waals surface area contributed by atoms with Crippen LogP contribution in [0.3, 0.4) is 0 Å². The van der Waals surface area contributed by atoms with Crippen molar-refractivity contribution < 1.29 is 0 Å². The maximum Gasteiger partial charge on any atom is 0.124 e. The molecule has 276 valence electrons. The first-order valence-corrected chi connectivity index (χ1v) is 37.3. The van der Waals surface area contributed by atoms with E-state index in [0.717, 1.165) is 21.0 Å². The summed E-state index contributed by atoms with van der Waals surface area (Å²) in [6.07, 6.45) is 8.06. The van der Waals surface area contributed by atoms with Gasteiger partial charge in [0, 0.05) is 11.1 Å². The predicted octanol–water partition coefficient (Wildman–Crippen LogP) is 15.5. The van der Waals surface area contributed by atoms with Crippen LogP contribution in [0.15, 0.2) is 139 Å². The molecule has 0 atom stereocenters. The molecule has 0 fully saturated rings. The highest BCUT2D eigenvalue weighted by molar-refractivity contribution is 14.2. The first-order valence-electron chi connectivity index (χ1n) is 17.9. The summed E-state index contributed by atoms with van der Waals surface area (Å²) in [5.74, 6) is 0. The second-order valence-corrected chi connectivity index (χ2v) is 59.9. The summed E-state index contributed by atoms with van der Waals surface area (Å²) in [6.45, 7) is 0. The molecule has 3 aliphatic rings. The molecule has 5 heterocycles. The molecule has 0 radical (unpaired) electrons. The molecule has 0 N–H and O–H groups in total. The zero-order chi connectivity index (χ0) is 37.4. The second kappa shape index (κ2) is 10.7. The van der Waals surface area contributed by atoms with E-state index in [-0.39, 0.29) is 0 Å². The van der Waals surface area contributed by atoms with Gasteiger partial charge in [-0.15, -0.1) is 22.7 Å². The molecular weight excluding hydrogens is 1100 g/mol. The van der Waals surface area contributed by atoms with Crippen LogP contribution in [0.25, 0.3) is 75.0 Å². The van der Waals surface area contributed by atoms with E-state index >= 15 is 0 Å². The molecule has 3 aliphatic heterocycles. The highest BCUT2D eigenvalue weighted by Crippen LogP contribution is 2.90. The van der Waals surface area contributed by atoms with Gasteiger partial charge in [-0.3, -0.25) is 0 Å². The van der Waals surface area contributed by atoms with E-state index in [4.69, 9.17) is 9.97 Å². The molecule has 0 unspecified atom stereocenters. The lowest BCUT2D eigenvalue weighted by Gasteiger charge is -2.47. The molecule has 11 rings (SSSR count). The number of nitrogens with zero attached hydrogens (tertiary/aromatic N) is 2. The number of rotatable bonds is 2. The summed E-state index contributed by atoms with van der Waals surface area (Å²) in [5, 5.41) is 2.19. The predicted molar refractivity (Wildman–Crippen MR) is 274 cm³/mol. The molecule has 2 nitrogen and oxygen atoms in total. The van der Waals surface area contributed by atoms with E-state index in [9.17, 15) is 0 Å². The minimum atomic E-state index is -2.48. The molecular formula is C44H39I3N2S5. The molecule has 8 aromatic rings. The van der Waals surface area contributed by atoms with E-state index in [0.29, 0.717) is 0 Å². The lowest BCUT2D eigenvalue weighted by atomic mass is 10.0. The SMILES string of the molecule is C[SH]1(C)(I)c2ccccc2-c2cc(-c3nc4cc5c(cc4s3)[SH](C)(C)(I)c3cc4sc(-c6ccc7c(c6)-c6ccccc6[SH]7(C)(C)I)nc4cc3-5)ccc21. The Hall–Kier alpha value is -1.66. The van der Waals surface area contributed by atoms with Crippen molar-refractivity contribution in [2.45, 2.75) is 29.4 Å². The van der Waals surface area contributed by atoms with Crippen LogP contribution in [0.2, 0.25) is 0 Å². The van der Waals surface area contributed by atoms with Gasteiger partial charge in [0.25, 0.3) is 0 Å². The van der Waals surface area contributed by atoms with Crippen LogP contribution in [0.1, 0.15) is 0 Å². The van der Waals surface area contributed by atoms with Crippen LogP contribution in [-0.2, 0) is 0 Å². The van der Waals surface area contributed by atoms with Gasteiger partial charge in [0.05, 0.1) is 20.4 Å². The van der Waals surface area contributed by atoms with Gasteiger partial charge >= 0.3 is 0 Å². The smallest absolute Gasteiger partial charge is 0.124 e. The van der Waals surface area contributed by atoms with Gasteiger partial charge in [0.1, 0.15) is 10.0 Å². The van der Waals surface area contributed by atoms with E-state index in [2.05, 4.69) is 210 Å². The topological polar surface area (TPSA) is 25.8 Å².